The highest BCUT2D eigenvalue weighted by Gasteiger charge is 2.35. The van der Waals surface area contributed by atoms with Crippen LogP contribution >= 0.6 is 0 Å². The number of methoxy groups -OCH3 is 1. The molecular weight excluding hydrogens is 224 g/mol. The van der Waals surface area contributed by atoms with E-state index in [1.165, 1.54) is 12.8 Å². The second-order valence-electron chi connectivity index (χ2n) is 6.78. The molecule has 0 radical (unpaired) electrons. The van der Waals surface area contributed by atoms with Crippen LogP contribution in [0.25, 0.3) is 0 Å². The van der Waals surface area contributed by atoms with Crippen molar-refractivity contribution in [3.8, 4) is 0 Å². The lowest BCUT2D eigenvalue weighted by molar-refractivity contribution is 0.00598. The van der Waals surface area contributed by atoms with Crippen LogP contribution in [0, 0.1) is 5.41 Å². The van der Waals surface area contributed by atoms with Crippen molar-refractivity contribution in [2.75, 3.05) is 26.7 Å². The first-order chi connectivity index (χ1) is 8.38. The SMILES string of the molecule is CCCC1CN(CC(C)OC)C(C(C)(C)C)CN1. The van der Waals surface area contributed by atoms with E-state index in [0.717, 1.165) is 19.6 Å². The van der Waals surface area contributed by atoms with Crippen molar-refractivity contribution in [2.45, 2.75) is 65.6 Å². The van der Waals surface area contributed by atoms with E-state index in [2.05, 4.69) is 44.8 Å². The van der Waals surface area contributed by atoms with E-state index in [1.54, 1.807) is 0 Å². The van der Waals surface area contributed by atoms with Gasteiger partial charge in [-0.05, 0) is 18.8 Å². The van der Waals surface area contributed by atoms with Gasteiger partial charge in [0.25, 0.3) is 0 Å². The van der Waals surface area contributed by atoms with E-state index in [9.17, 15) is 0 Å². The van der Waals surface area contributed by atoms with Gasteiger partial charge in [-0.25, -0.2) is 0 Å². The third-order valence-electron chi connectivity index (χ3n) is 4.03. The summed E-state index contributed by atoms with van der Waals surface area (Å²) >= 11 is 0. The Bertz CT molecular complexity index is 237. The topological polar surface area (TPSA) is 24.5 Å². The molecule has 1 aliphatic heterocycles. The summed E-state index contributed by atoms with van der Waals surface area (Å²) in [4.78, 5) is 2.63. The Morgan fingerprint density at radius 3 is 2.56 bits per heavy atom. The molecule has 3 heteroatoms. The zero-order valence-electron chi connectivity index (χ0n) is 13.1. The summed E-state index contributed by atoms with van der Waals surface area (Å²) in [5.41, 5.74) is 0.317. The van der Waals surface area contributed by atoms with E-state index < -0.39 is 0 Å². The van der Waals surface area contributed by atoms with E-state index in [-0.39, 0.29) is 0 Å². The van der Waals surface area contributed by atoms with Gasteiger partial charge in [-0.2, -0.15) is 0 Å². The quantitative estimate of drug-likeness (QED) is 0.818. The number of rotatable bonds is 5. The second kappa shape index (κ2) is 6.88. The van der Waals surface area contributed by atoms with Crippen molar-refractivity contribution in [3.63, 3.8) is 0 Å². The molecule has 1 saturated heterocycles. The molecule has 1 fully saturated rings. The standard InChI is InChI=1S/C15H32N2O/c1-7-8-13-11-17(10-12(2)18-6)14(9-16-13)15(3,4)5/h12-14,16H,7-11H2,1-6H3. The Morgan fingerprint density at radius 1 is 1.39 bits per heavy atom. The first-order valence-corrected chi connectivity index (χ1v) is 7.38. The number of nitrogens with one attached hydrogen (secondary N) is 1. The summed E-state index contributed by atoms with van der Waals surface area (Å²) in [6, 6.07) is 1.25. The maximum absolute atomic E-state index is 5.45. The molecule has 0 aromatic heterocycles. The van der Waals surface area contributed by atoms with Gasteiger partial charge in [-0.3, -0.25) is 4.90 Å². The number of hydrogen-bond donors (Lipinski definition) is 1. The molecule has 0 spiro atoms. The second-order valence-corrected chi connectivity index (χ2v) is 6.78. The minimum atomic E-state index is 0.315. The van der Waals surface area contributed by atoms with Crippen molar-refractivity contribution in [2.24, 2.45) is 5.41 Å². The van der Waals surface area contributed by atoms with Crippen LogP contribution in [0.2, 0.25) is 0 Å². The molecule has 0 aromatic rings. The Balaban J connectivity index is 2.67. The Morgan fingerprint density at radius 2 is 2.06 bits per heavy atom. The Labute approximate surface area is 113 Å². The van der Waals surface area contributed by atoms with Gasteiger partial charge in [0.05, 0.1) is 6.10 Å². The molecule has 1 aliphatic rings. The zero-order chi connectivity index (χ0) is 13.8. The van der Waals surface area contributed by atoms with E-state index in [1.807, 2.05) is 7.11 Å². The molecule has 0 amide bonds. The predicted molar refractivity (Wildman–Crippen MR) is 78.0 cm³/mol. The molecular formula is C15H32N2O. The van der Waals surface area contributed by atoms with Crippen LogP contribution in [0.4, 0.5) is 0 Å². The van der Waals surface area contributed by atoms with Crippen molar-refractivity contribution in [1.29, 1.82) is 0 Å². The fourth-order valence-electron chi connectivity index (χ4n) is 2.88. The average Bonchev–Trinajstić information content (AvgIpc) is 2.28. The lowest BCUT2D eigenvalue weighted by atomic mass is 9.83. The van der Waals surface area contributed by atoms with E-state index in [4.69, 9.17) is 4.74 Å². The highest BCUT2D eigenvalue weighted by molar-refractivity contribution is 4.92. The molecule has 0 saturated carbocycles. The summed E-state index contributed by atoms with van der Waals surface area (Å²) in [5.74, 6) is 0. The molecule has 108 valence electrons. The first kappa shape index (κ1) is 15.9. The molecule has 3 nitrogen and oxygen atoms in total. The lowest BCUT2D eigenvalue weighted by Gasteiger charge is -2.47. The largest absolute Gasteiger partial charge is 0.380 e. The van der Waals surface area contributed by atoms with E-state index in [0.29, 0.717) is 23.6 Å². The molecule has 0 aromatic carbocycles. The van der Waals surface area contributed by atoms with Crippen LogP contribution in [0.5, 0.6) is 0 Å². The summed E-state index contributed by atoms with van der Waals surface area (Å²) in [6.07, 6.45) is 2.84. The summed E-state index contributed by atoms with van der Waals surface area (Å²) in [6.45, 7) is 14.7. The van der Waals surface area contributed by atoms with Crippen molar-refractivity contribution in [3.05, 3.63) is 0 Å². The van der Waals surface area contributed by atoms with Gasteiger partial charge >= 0.3 is 0 Å². The minimum absolute atomic E-state index is 0.315. The smallest absolute Gasteiger partial charge is 0.0670 e. The number of ether oxygens (including phenoxy) is 1. The average molecular weight is 256 g/mol. The van der Waals surface area contributed by atoms with Crippen LogP contribution < -0.4 is 5.32 Å². The zero-order valence-corrected chi connectivity index (χ0v) is 13.1. The normalized spacial score (nSPS) is 28.3. The van der Waals surface area contributed by atoms with Crippen molar-refractivity contribution in [1.82, 2.24) is 10.2 Å². The maximum Gasteiger partial charge on any atom is 0.0670 e. The van der Waals surface area contributed by atoms with Crippen molar-refractivity contribution >= 4 is 0 Å². The first-order valence-electron chi connectivity index (χ1n) is 7.38. The predicted octanol–water partition coefficient (Wildman–Crippen LogP) is 2.51. The molecule has 1 heterocycles. The maximum atomic E-state index is 5.45. The van der Waals surface area contributed by atoms with Gasteiger partial charge in [-0.1, -0.05) is 34.1 Å². The molecule has 18 heavy (non-hydrogen) atoms. The van der Waals surface area contributed by atoms with Crippen LogP contribution in [-0.2, 0) is 4.74 Å². The molecule has 0 bridgehead atoms. The third-order valence-corrected chi connectivity index (χ3v) is 4.03. The van der Waals surface area contributed by atoms with Gasteiger partial charge in [0.2, 0.25) is 0 Å². The summed E-state index contributed by atoms with van der Waals surface area (Å²) in [7, 11) is 1.81. The van der Waals surface area contributed by atoms with Crippen LogP contribution in [0.3, 0.4) is 0 Å². The fourth-order valence-corrected chi connectivity index (χ4v) is 2.88. The highest BCUT2D eigenvalue weighted by atomic mass is 16.5. The van der Waals surface area contributed by atoms with Gasteiger partial charge in [0.1, 0.15) is 0 Å². The molecule has 0 aliphatic carbocycles. The van der Waals surface area contributed by atoms with Gasteiger partial charge < -0.3 is 10.1 Å². The third kappa shape index (κ3) is 4.52. The van der Waals surface area contributed by atoms with Gasteiger partial charge in [0.15, 0.2) is 0 Å². The Kier molecular flexibility index (Phi) is 6.09. The fraction of sp³-hybridized carbons (Fsp3) is 1.00. The van der Waals surface area contributed by atoms with Crippen molar-refractivity contribution < 1.29 is 4.74 Å². The van der Waals surface area contributed by atoms with Gasteiger partial charge in [0, 0.05) is 38.8 Å². The van der Waals surface area contributed by atoms with E-state index >= 15 is 0 Å². The van der Waals surface area contributed by atoms with Crippen LogP contribution in [0.1, 0.15) is 47.5 Å². The minimum Gasteiger partial charge on any atom is -0.380 e. The number of nitrogens with zero attached hydrogens (tertiary/aromatic N) is 1. The number of hydrogen-bond acceptors (Lipinski definition) is 3. The molecule has 1 N–H and O–H groups in total. The Hall–Kier alpha value is -0.120. The monoisotopic (exact) mass is 256 g/mol. The highest BCUT2D eigenvalue weighted by Crippen LogP contribution is 2.27. The summed E-state index contributed by atoms with van der Waals surface area (Å²) in [5, 5.41) is 3.72. The molecule has 1 rings (SSSR count). The van der Waals surface area contributed by atoms with Crippen LogP contribution in [0.15, 0.2) is 0 Å². The lowest BCUT2D eigenvalue weighted by Crippen LogP contribution is -2.61. The van der Waals surface area contributed by atoms with Crippen LogP contribution in [-0.4, -0.2) is 49.8 Å². The van der Waals surface area contributed by atoms with Gasteiger partial charge in [-0.15, -0.1) is 0 Å². The molecule has 3 atom stereocenters. The summed E-state index contributed by atoms with van der Waals surface area (Å²) < 4.78 is 5.45. The molecule has 3 unspecified atom stereocenters. The number of piperazine rings is 1.